The smallest absolute Gasteiger partial charge is 0.124 e. The molecule has 1 fully saturated rings. The van der Waals surface area contributed by atoms with Gasteiger partial charge in [0.2, 0.25) is 0 Å². The van der Waals surface area contributed by atoms with Gasteiger partial charge in [0.15, 0.2) is 0 Å². The summed E-state index contributed by atoms with van der Waals surface area (Å²) in [5, 5.41) is 0.761. The van der Waals surface area contributed by atoms with E-state index in [1.54, 1.807) is 0 Å². The van der Waals surface area contributed by atoms with E-state index in [-0.39, 0.29) is 6.04 Å². The van der Waals surface area contributed by atoms with E-state index in [0.29, 0.717) is 6.10 Å². The normalized spacial score (nSPS) is 28.1. The maximum absolute atomic E-state index is 6.31. The van der Waals surface area contributed by atoms with E-state index in [4.69, 9.17) is 22.1 Å². The maximum Gasteiger partial charge on any atom is 0.124 e. The molecule has 0 radical (unpaired) electrons. The van der Waals surface area contributed by atoms with Gasteiger partial charge >= 0.3 is 0 Å². The minimum Gasteiger partial charge on any atom is -0.490 e. The van der Waals surface area contributed by atoms with Crippen LogP contribution < -0.4 is 10.5 Å². The highest BCUT2D eigenvalue weighted by molar-refractivity contribution is 6.31. The molecule has 3 heteroatoms. The molecule has 0 bridgehead atoms. The molecule has 20 heavy (non-hydrogen) atoms. The van der Waals surface area contributed by atoms with Crippen molar-refractivity contribution in [1.82, 2.24) is 0 Å². The van der Waals surface area contributed by atoms with Crippen LogP contribution >= 0.6 is 11.6 Å². The van der Waals surface area contributed by atoms with Gasteiger partial charge < -0.3 is 10.5 Å². The second-order valence-corrected chi connectivity index (χ2v) is 6.96. The van der Waals surface area contributed by atoms with E-state index in [1.807, 2.05) is 25.1 Å². The SMILES string of the molecule is CC(N)Cc1c(Cl)cccc1OC1CC(C)CC(C)C1. The van der Waals surface area contributed by atoms with Crippen molar-refractivity contribution in [2.24, 2.45) is 17.6 Å². The summed E-state index contributed by atoms with van der Waals surface area (Å²) < 4.78 is 6.27. The summed E-state index contributed by atoms with van der Waals surface area (Å²) in [6.07, 6.45) is 4.64. The molecule has 1 aromatic rings. The molecule has 112 valence electrons. The maximum atomic E-state index is 6.31. The van der Waals surface area contributed by atoms with E-state index in [0.717, 1.165) is 47.4 Å². The minimum atomic E-state index is 0.0847. The summed E-state index contributed by atoms with van der Waals surface area (Å²) in [6.45, 7) is 6.62. The summed E-state index contributed by atoms with van der Waals surface area (Å²) in [6, 6.07) is 5.98. The van der Waals surface area contributed by atoms with Gasteiger partial charge in [0, 0.05) is 16.6 Å². The predicted octanol–water partition coefficient (Wildman–Crippen LogP) is 4.43. The molecule has 0 aromatic heterocycles. The van der Waals surface area contributed by atoms with E-state index < -0.39 is 0 Å². The van der Waals surface area contributed by atoms with E-state index in [9.17, 15) is 0 Å². The Morgan fingerprint density at radius 3 is 2.50 bits per heavy atom. The molecule has 0 spiro atoms. The molecule has 3 unspecified atom stereocenters. The number of halogens is 1. The average Bonchev–Trinajstić information content (AvgIpc) is 2.32. The average molecular weight is 296 g/mol. The number of hydrogen-bond acceptors (Lipinski definition) is 2. The van der Waals surface area contributed by atoms with Crippen molar-refractivity contribution in [2.45, 2.75) is 58.6 Å². The van der Waals surface area contributed by atoms with Crippen LogP contribution in [-0.2, 0) is 6.42 Å². The molecule has 0 aliphatic heterocycles. The lowest BCUT2D eigenvalue weighted by Crippen LogP contribution is -2.29. The molecule has 0 amide bonds. The van der Waals surface area contributed by atoms with Crippen molar-refractivity contribution in [1.29, 1.82) is 0 Å². The van der Waals surface area contributed by atoms with Gasteiger partial charge in [0.1, 0.15) is 5.75 Å². The fourth-order valence-corrected chi connectivity index (χ4v) is 3.56. The van der Waals surface area contributed by atoms with Crippen LogP contribution in [0, 0.1) is 11.8 Å². The van der Waals surface area contributed by atoms with Crippen molar-refractivity contribution in [3.05, 3.63) is 28.8 Å². The lowest BCUT2D eigenvalue weighted by Gasteiger charge is -2.32. The first-order valence-electron chi connectivity index (χ1n) is 7.65. The number of nitrogens with two attached hydrogens (primary N) is 1. The molecule has 1 saturated carbocycles. The molecule has 1 aliphatic rings. The summed E-state index contributed by atoms with van der Waals surface area (Å²) in [4.78, 5) is 0. The minimum absolute atomic E-state index is 0.0847. The fraction of sp³-hybridized carbons (Fsp3) is 0.647. The van der Waals surface area contributed by atoms with Crippen LogP contribution in [0.5, 0.6) is 5.75 Å². The predicted molar refractivity (Wildman–Crippen MR) is 85.4 cm³/mol. The summed E-state index contributed by atoms with van der Waals surface area (Å²) in [7, 11) is 0. The Balaban J connectivity index is 2.14. The zero-order valence-electron chi connectivity index (χ0n) is 12.7. The van der Waals surface area contributed by atoms with Crippen LogP contribution in [0.1, 0.15) is 45.6 Å². The topological polar surface area (TPSA) is 35.2 Å². The number of hydrogen-bond donors (Lipinski definition) is 1. The molecule has 2 rings (SSSR count). The molecule has 3 atom stereocenters. The van der Waals surface area contributed by atoms with Crippen molar-refractivity contribution < 1.29 is 4.74 Å². The van der Waals surface area contributed by atoms with Crippen molar-refractivity contribution in [2.75, 3.05) is 0 Å². The lowest BCUT2D eigenvalue weighted by atomic mass is 9.82. The highest BCUT2D eigenvalue weighted by atomic mass is 35.5. The van der Waals surface area contributed by atoms with Crippen LogP contribution in [0.4, 0.5) is 0 Å². The third-order valence-electron chi connectivity index (χ3n) is 4.03. The third kappa shape index (κ3) is 4.13. The molecule has 2 N–H and O–H groups in total. The highest BCUT2D eigenvalue weighted by Crippen LogP contribution is 2.34. The lowest BCUT2D eigenvalue weighted by molar-refractivity contribution is 0.1000. The number of rotatable bonds is 4. The standard InChI is InChI=1S/C17H26ClNO/c1-11-7-12(2)9-14(8-11)20-17-6-4-5-16(18)15(17)10-13(3)19/h4-6,11-14H,7-10,19H2,1-3H3. The second kappa shape index (κ2) is 6.82. The van der Waals surface area contributed by atoms with Crippen LogP contribution in [0.15, 0.2) is 18.2 Å². The Morgan fingerprint density at radius 1 is 1.25 bits per heavy atom. The van der Waals surface area contributed by atoms with Crippen molar-refractivity contribution in [3.8, 4) is 5.75 Å². The molecule has 2 nitrogen and oxygen atoms in total. The first kappa shape index (κ1) is 15.7. The molecule has 1 aromatic carbocycles. The van der Waals surface area contributed by atoms with Gasteiger partial charge in [-0.25, -0.2) is 0 Å². The van der Waals surface area contributed by atoms with Gasteiger partial charge in [-0.05, 0) is 56.6 Å². The van der Waals surface area contributed by atoms with Gasteiger partial charge in [-0.15, -0.1) is 0 Å². The number of ether oxygens (including phenoxy) is 1. The Morgan fingerprint density at radius 2 is 1.90 bits per heavy atom. The Labute approximate surface area is 127 Å². The van der Waals surface area contributed by atoms with Crippen molar-refractivity contribution in [3.63, 3.8) is 0 Å². The molecular weight excluding hydrogens is 270 g/mol. The van der Waals surface area contributed by atoms with E-state index >= 15 is 0 Å². The Hall–Kier alpha value is -0.730. The van der Waals surface area contributed by atoms with Crippen LogP contribution in [0.25, 0.3) is 0 Å². The first-order chi connectivity index (χ1) is 9.45. The summed E-state index contributed by atoms with van der Waals surface area (Å²) in [5.41, 5.74) is 6.98. The van der Waals surface area contributed by atoms with Gasteiger partial charge in [-0.2, -0.15) is 0 Å². The second-order valence-electron chi connectivity index (χ2n) is 6.56. The van der Waals surface area contributed by atoms with Crippen LogP contribution in [-0.4, -0.2) is 12.1 Å². The molecule has 1 aliphatic carbocycles. The largest absolute Gasteiger partial charge is 0.490 e. The van der Waals surface area contributed by atoms with Gasteiger partial charge in [0.05, 0.1) is 6.10 Å². The van der Waals surface area contributed by atoms with Gasteiger partial charge in [0.25, 0.3) is 0 Å². The molecule has 0 saturated heterocycles. The molecule has 0 heterocycles. The van der Waals surface area contributed by atoms with Gasteiger partial charge in [-0.1, -0.05) is 31.5 Å². The quantitative estimate of drug-likeness (QED) is 0.891. The van der Waals surface area contributed by atoms with Gasteiger partial charge in [-0.3, -0.25) is 0 Å². The Bertz CT molecular complexity index is 437. The summed E-state index contributed by atoms with van der Waals surface area (Å²) >= 11 is 6.31. The fourth-order valence-electron chi connectivity index (χ4n) is 3.32. The first-order valence-corrected chi connectivity index (χ1v) is 8.03. The monoisotopic (exact) mass is 295 g/mol. The summed E-state index contributed by atoms with van der Waals surface area (Å²) in [5.74, 6) is 2.39. The van der Waals surface area contributed by atoms with E-state index in [1.165, 1.54) is 6.42 Å². The zero-order chi connectivity index (χ0) is 14.7. The number of benzene rings is 1. The van der Waals surface area contributed by atoms with Crippen LogP contribution in [0.2, 0.25) is 5.02 Å². The Kier molecular flexibility index (Phi) is 5.34. The van der Waals surface area contributed by atoms with Crippen LogP contribution in [0.3, 0.4) is 0 Å². The third-order valence-corrected chi connectivity index (χ3v) is 4.38. The highest BCUT2D eigenvalue weighted by Gasteiger charge is 2.26. The van der Waals surface area contributed by atoms with E-state index in [2.05, 4.69) is 13.8 Å². The molecular formula is C17H26ClNO. The van der Waals surface area contributed by atoms with Crippen molar-refractivity contribution >= 4 is 11.6 Å². The zero-order valence-corrected chi connectivity index (χ0v) is 13.5.